The van der Waals surface area contributed by atoms with E-state index in [-0.39, 0.29) is 5.56 Å². The molecular weight excluding hydrogens is 334 g/mol. The van der Waals surface area contributed by atoms with Gasteiger partial charge < -0.3 is 15.1 Å². The first kappa shape index (κ1) is 16.5. The van der Waals surface area contributed by atoms with Crippen LogP contribution in [0.15, 0.2) is 15.5 Å². The van der Waals surface area contributed by atoms with E-state index in [0.717, 1.165) is 31.7 Å². The number of hydrogen-bond acceptors (Lipinski definition) is 5. The zero-order valence-electron chi connectivity index (χ0n) is 13.0. The molecule has 7 heteroatoms. The number of hydrogen-bond donors (Lipinski definition) is 1. The molecule has 0 amide bonds. The van der Waals surface area contributed by atoms with Crippen LogP contribution in [-0.2, 0) is 6.54 Å². The second-order valence-electron chi connectivity index (χ2n) is 5.79. The second kappa shape index (κ2) is 7.38. The Morgan fingerprint density at radius 1 is 1.48 bits per heavy atom. The van der Waals surface area contributed by atoms with E-state index in [4.69, 9.17) is 0 Å². The monoisotopic (exact) mass is 357 g/mol. The van der Waals surface area contributed by atoms with Crippen LogP contribution in [0.5, 0.6) is 0 Å². The van der Waals surface area contributed by atoms with E-state index in [1.165, 1.54) is 11.1 Å². The van der Waals surface area contributed by atoms with Crippen molar-refractivity contribution in [2.75, 3.05) is 45.7 Å². The van der Waals surface area contributed by atoms with Crippen LogP contribution in [0.4, 0.5) is 5.69 Å². The van der Waals surface area contributed by atoms with Gasteiger partial charge in [-0.1, -0.05) is 0 Å². The van der Waals surface area contributed by atoms with Crippen molar-refractivity contribution in [2.45, 2.75) is 25.4 Å². The summed E-state index contributed by atoms with van der Waals surface area (Å²) in [5, 5.41) is 7.71. The van der Waals surface area contributed by atoms with E-state index in [9.17, 15) is 4.79 Å². The van der Waals surface area contributed by atoms with Crippen molar-refractivity contribution in [2.24, 2.45) is 0 Å². The molecule has 118 valence electrons. The molecule has 1 aromatic heterocycles. The van der Waals surface area contributed by atoms with E-state index >= 15 is 0 Å². The quantitative estimate of drug-likeness (QED) is 0.842. The Morgan fingerprint density at radius 2 is 2.24 bits per heavy atom. The third kappa shape index (κ3) is 4.05. The molecule has 1 unspecified atom stereocenters. The van der Waals surface area contributed by atoms with Crippen molar-refractivity contribution in [3.63, 3.8) is 0 Å². The van der Waals surface area contributed by atoms with Crippen LogP contribution >= 0.6 is 15.9 Å². The van der Waals surface area contributed by atoms with Crippen LogP contribution in [0.25, 0.3) is 0 Å². The number of aromatic nitrogens is 2. The van der Waals surface area contributed by atoms with Crippen molar-refractivity contribution in [1.82, 2.24) is 20.0 Å². The van der Waals surface area contributed by atoms with Gasteiger partial charge in [0.05, 0.1) is 18.4 Å². The highest BCUT2D eigenvalue weighted by Gasteiger charge is 2.21. The minimum absolute atomic E-state index is 0.0648. The first-order valence-electron chi connectivity index (χ1n) is 7.34. The van der Waals surface area contributed by atoms with Crippen LogP contribution in [0.1, 0.15) is 12.8 Å². The molecule has 1 aliphatic rings. The average molecular weight is 358 g/mol. The van der Waals surface area contributed by atoms with Crippen molar-refractivity contribution in [3.05, 3.63) is 21.0 Å². The Morgan fingerprint density at radius 3 is 2.86 bits per heavy atom. The van der Waals surface area contributed by atoms with E-state index in [1.54, 1.807) is 6.20 Å². The van der Waals surface area contributed by atoms with Gasteiger partial charge in [-0.2, -0.15) is 5.10 Å². The number of rotatable bonds is 5. The average Bonchev–Trinajstić information content (AvgIpc) is 2.49. The Hall–Kier alpha value is -0.920. The molecule has 0 bridgehead atoms. The summed E-state index contributed by atoms with van der Waals surface area (Å²) in [6, 6.07) is 0.411. The van der Waals surface area contributed by atoms with Gasteiger partial charge in [-0.25, -0.2) is 4.68 Å². The molecule has 1 fully saturated rings. The van der Waals surface area contributed by atoms with Crippen LogP contribution in [0.3, 0.4) is 0 Å². The molecule has 1 saturated heterocycles. The maximum Gasteiger partial charge on any atom is 0.283 e. The lowest BCUT2D eigenvalue weighted by molar-refractivity contribution is 0.367. The number of likely N-dealkylation sites (N-methyl/N-ethyl adjacent to an activating group) is 2. The second-order valence-corrected chi connectivity index (χ2v) is 6.58. The largest absolute Gasteiger partial charge is 0.368 e. The Balaban J connectivity index is 2.17. The lowest BCUT2D eigenvalue weighted by Gasteiger charge is -2.33. The fourth-order valence-electron chi connectivity index (χ4n) is 2.52. The van der Waals surface area contributed by atoms with Crippen molar-refractivity contribution >= 4 is 21.6 Å². The molecular formula is C14H24BrN5O. The first-order chi connectivity index (χ1) is 10.0. The lowest BCUT2D eigenvalue weighted by atomic mass is 10.1. The number of nitrogens with one attached hydrogen (secondary N) is 1. The van der Waals surface area contributed by atoms with Gasteiger partial charge in [-0.15, -0.1) is 0 Å². The SMILES string of the molecule is CN(C)CCn1ncc(N(C)C2CCCNC2)c(Br)c1=O. The molecule has 1 atom stereocenters. The maximum atomic E-state index is 12.4. The van der Waals surface area contributed by atoms with E-state index in [1.807, 2.05) is 26.0 Å². The summed E-state index contributed by atoms with van der Waals surface area (Å²) in [6.45, 7) is 3.42. The molecule has 2 rings (SSSR count). The summed E-state index contributed by atoms with van der Waals surface area (Å²) < 4.78 is 2.12. The third-order valence-electron chi connectivity index (χ3n) is 3.92. The third-order valence-corrected chi connectivity index (χ3v) is 4.67. The lowest BCUT2D eigenvalue weighted by Crippen LogP contribution is -2.45. The molecule has 0 radical (unpaired) electrons. The Bertz CT molecular complexity index is 525. The summed E-state index contributed by atoms with van der Waals surface area (Å²) in [6.07, 6.45) is 4.09. The highest BCUT2D eigenvalue weighted by atomic mass is 79.9. The Labute approximate surface area is 134 Å². The maximum absolute atomic E-state index is 12.4. The fraction of sp³-hybridized carbons (Fsp3) is 0.714. The highest BCUT2D eigenvalue weighted by Crippen LogP contribution is 2.24. The Kier molecular flexibility index (Phi) is 5.78. The predicted octanol–water partition coefficient (Wildman–Crippen LogP) is 0.756. The van der Waals surface area contributed by atoms with Gasteiger partial charge in [0, 0.05) is 26.2 Å². The van der Waals surface area contributed by atoms with E-state index in [2.05, 4.69) is 31.2 Å². The summed E-state index contributed by atoms with van der Waals surface area (Å²) in [5.74, 6) is 0. The molecule has 0 saturated carbocycles. The minimum Gasteiger partial charge on any atom is -0.368 e. The number of halogens is 1. The van der Waals surface area contributed by atoms with Gasteiger partial charge in [-0.3, -0.25) is 4.79 Å². The zero-order chi connectivity index (χ0) is 15.4. The molecule has 0 aromatic carbocycles. The normalized spacial score (nSPS) is 19.0. The van der Waals surface area contributed by atoms with Gasteiger partial charge in [0.1, 0.15) is 4.47 Å². The molecule has 1 N–H and O–H groups in total. The van der Waals surface area contributed by atoms with Crippen molar-refractivity contribution < 1.29 is 0 Å². The van der Waals surface area contributed by atoms with Crippen LogP contribution < -0.4 is 15.8 Å². The highest BCUT2D eigenvalue weighted by molar-refractivity contribution is 9.10. The number of piperidine rings is 1. The van der Waals surface area contributed by atoms with Crippen molar-refractivity contribution in [3.8, 4) is 0 Å². The molecule has 6 nitrogen and oxygen atoms in total. The number of anilines is 1. The minimum atomic E-state index is -0.0648. The van der Waals surface area contributed by atoms with Crippen molar-refractivity contribution in [1.29, 1.82) is 0 Å². The number of nitrogens with zero attached hydrogens (tertiary/aromatic N) is 4. The van der Waals surface area contributed by atoms with Gasteiger partial charge in [-0.05, 0) is 49.4 Å². The molecule has 0 aliphatic carbocycles. The van der Waals surface area contributed by atoms with Gasteiger partial charge in [0.2, 0.25) is 0 Å². The molecule has 1 aliphatic heterocycles. The summed E-state index contributed by atoms with van der Waals surface area (Å²) >= 11 is 3.46. The van der Waals surface area contributed by atoms with Crippen LogP contribution in [-0.4, -0.2) is 61.5 Å². The molecule has 1 aromatic rings. The smallest absolute Gasteiger partial charge is 0.283 e. The zero-order valence-corrected chi connectivity index (χ0v) is 14.6. The first-order valence-corrected chi connectivity index (χ1v) is 8.14. The van der Waals surface area contributed by atoms with E-state index in [0.29, 0.717) is 17.1 Å². The molecule has 0 spiro atoms. The summed E-state index contributed by atoms with van der Waals surface area (Å²) in [4.78, 5) is 16.6. The van der Waals surface area contributed by atoms with Gasteiger partial charge in [0.25, 0.3) is 5.56 Å². The molecule has 2 heterocycles. The summed E-state index contributed by atoms with van der Waals surface area (Å²) in [5.41, 5.74) is 0.805. The topological polar surface area (TPSA) is 53.4 Å². The predicted molar refractivity (Wildman–Crippen MR) is 89.0 cm³/mol. The fourth-order valence-corrected chi connectivity index (χ4v) is 3.10. The standard InChI is InChI=1S/C14H24BrN5O/c1-18(2)7-8-20-14(21)13(15)12(10-17-20)19(3)11-5-4-6-16-9-11/h10-11,16H,4-9H2,1-3H3. The van der Waals surface area contributed by atoms with Gasteiger partial charge >= 0.3 is 0 Å². The van der Waals surface area contributed by atoms with Gasteiger partial charge in [0.15, 0.2) is 0 Å². The molecule has 21 heavy (non-hydrogen) atoms. The van der Waals surface area contributed by atoms with E-state index < -0.39 is 0 Å². The summed E-state index contributed by atoms with van der Waals surface area (Å²) in [7, 11) is 6.00. The van der Waals surface area contributed by atoms with Crippen LogP contribution in [0, 0.1) is 0 Å². The van der Waals surface area contributed by atoms with Crippen LogP contribution in [0.2, 0.25) is 0 Å².